The van der Waals surface area contributed by atoms with E-state index in [2.05, 4.69) is 11.8 Å². The second-order valence-corrected chi connectivity index (χ2v) is 6.73. The summed E-state index contributed by atoms with van der Waals surface area (Å²) in [7, 11) is 0. The van der Waals surface area contributed by atoms with Crippen LogP contribution in [0.5, 0.6) is 0 Å². The number of thiocarbonyl (C=S) groups is 1. The highest BCUT2D eigenvalue weighted by Gasteiger charge is 2.39. The van der Waals surface area contributed by atoms with E-state index in [0.29, 0.717) is 11.0 Å². The van der Waals surface area contributed by atoms with E-state index in [1.807, 2.05) is 18.7 Å². The quantitative estimate of drug-likeness (QED) is 0.792. The van der Waals surface area contributed by atoms with Crippen molar-refractivity contribution >= 4 is 23.1 Å². The molecule has 19 heavy (non-hydrogen) atoms. The number of carbonyl (C=O) groups excluding carboxylic acids is 1. The van der Waals surface area contributed by atoms with E-state index >= 15 is 0 Å². The number of nitrogens with two attached hydrogens (primary N) is 1. The number of nitrogens with zero attached hydrogens (tertiary/aromatic N) is 2. The number of carbonyl (C=O) groups is 1. The van der Waals surface area contributed by atoms with Crippen LogP contribution in [-0.2, 0) is 4.79 Å². The minimum Gasteiger partial charge on any atom is -0.393 e. The fourth-order valence-corrected chi connectivity index (χ4v) is 3.78. The summed E-state index contributed by atoms with van der Waals surface area (Å²) >= 11 is 5.09. The molecule has 3 unspecified atom stereocenters. The van der Waals surface area contributed by atoms with Crippen LogP contribution in [0.25, 0.3) is 0 Å². The van der Waals surface area contributed by atoms with Gasteiger partial charge in [-0.2, -0.15) is 0 Å². The maximum Gasteiger partial charge on any atom is 0.233 e. The van der Waals surface area contributed by atoms with Gasteiger partial charge in [0.25, 0.3) is 0 Å². The molecule has 3 atom stereocenters. The molecule has 2 rings (SSSR count). The van der Waals surface area contributed by atoms with Gasteiger partial charge in [0.05, 0.1) is 10.9 Å². The first-order chi connectivity index (χ1) is 8.91. The van der Waals surface area contributed by atoms with Crippen molar-refractivity contribution in [2.24, 2.45) is 17.6 Å². The van der Waals surface area contributed by atoms with Gasteiger partial charge in [0, 0.05) is 25.2 Å². The van der Waals surface area contributed by atoms with Crippen LogP contribution in [0, 0.1) is 11.8 Å². The molecule has 2 fully saturated rings. The normalized spacial score (nSPS) is 29.4. The van der Waals surface area contributed by atoms with Gasteiger partial charge in [-0.05, 0) is 32.2 Å². The van der Waals surface area contributed by atoms with Crippen molar-refractivity contribution in [3.8, 4) is 0 Å². The Balaban J connectivity index is 2.11. The van der Waals surface area contributed by atoms with E-state index in [1.165, 1.54) is 19.4 Å². The SMILES string of the molecule is CC(C)C(C(=O)N1CC2CCCN2CC1C)C(N)=S. The Morgan fingerprint density at radius 1 is 1.37 bits per heavy atom. The summed E-state index contributed by atoms with van der Waals surface area (Å²) in [6.45, 7) is 9.16. The molecule has 2 saturated heterocycles. The monoisotopic (exact) mass is 283 g/mol. The van der Waals surface area contributed by atoms with E-state index in [0.717, 1.165) is 13.1 Å². The number of fused-ring (bicyclic) bond motifs is 1. The average Bonchev–Trinajstić information content (AvgIpc) is 2.73. The van der Waals surface area contributed by atoms with Gasteiger partial charge < -0.3 is 10.6 Å². The zero-order valence-corrected chi connectivity index (χ0v) is 12.9. The highest BCUT2D eigenvalue weighted by molar-refractivity contribution is 7.80. The van der Waals surface area contributed by atoms with Gasteiger partial charge in [0.15, 0.2) is 0 Å². The number of amides is 1. The summed E-state index contributed by atoms with van der Waals surface area (Å²) in [5, 5.41) is 0. The second kappa shape index (κ2) is 5.75. The molecule has 0 saturated carbocycles. The zero-order valence-electron chi connectivity index (χ0n) is 12.1. The Bertz CT molecular complexity index is 372. The summed E-state index contributed by atoms with van der Waals surface area (Å²) in [5.74, 6) is -0.0224. The molecule has 0 aliphatic carbocycles. The molecule has 2 aliphatic heterocycles. The number of hydrogen-bond donors (Lipinski definition) is 1. The summed E-state index contributed by atoms with van der Waals surface area (Å²) in [5.41, 5.74) is 5.77. The number of piperazine rings is 1. The molecule has 2 N–H and O–H groups in total. The van der Waals surface area contributed by atoms with Gasteiger partial charge in [0.2, 0.25) is 5.91 Å². The van der Waals surface area contributed by atoms with E-state index in [9.17, 15) is 4.79 Å². The Labute approximate surface area is 121 Å². The van der Waals surface area contributed by atoms with Gasteiger partial charge in [-0.1, -0.05) is 26.1 Å². The molecule has 108 valence electrons. The van der Waals surface area contributed by atoms with Gasteiger partial charge in [-0.15, -0.1) is 0 Å². The van der Waals surface area contributed by atoms with Gasteiger partial charge in [-0.3, -0.25) is 9.69 Å². The minimum absolute atomic E-state index is 0.126. The molecule has 2 aliphatic rings. The van der Waals surface area contributed by atoms with Crippen LogP contribution < -0.4 is 5.73 Å². The molecular formula is C14H25N3OS. The lowest BCUT2D eigenvalue weighted by Crippen LogP contribution is -2.59. The Kier molecular flexibility index (Phi) is 4.46. The first kappa shape index (κ1) is 14.7. The first-order valence-corrected chi connectivity index (χ1v) is 7.66. The van der Waals surface area contributed by atoms with Crippen LogP contribution in [0.1, 0.15) is 33.6 Å². The lowest BCUT2D eigenvalue weighted by Gasteiger charge is -2.43. The smallest absolute Gasteiger partial charge is 0.233 e. The lowest BCUT2D eigenvalue weighted by atomic mass is 9.93. The third kappa shape index (κ3) is 2.92. The van der Waals surface area contributed by atoms with Crippen molar-refractivity contribution in [3.05, 3.63) is 0 Å². The predicted molar refractivity (Wildman–Crippen MR) is 80.9 cm³/mol. The van der Waals surface area contributed by atoms with E-state index in [-0.39, 0.29) is 23.8 Å². The van der Waals surface area contributed by atoms with Crippen molar-refractivity contribution in [2.75, 3.05) is 19.6 Å². The molecule has 0 aromatic heterocycles. The maximum atomic E-state index is 12.7. The zero-order chi connectivity index (χ0) is 14.2. The van der Waals surface area contributed by atoms with Crippen molar-refractivity contribution in [1.29, 1.82) is 0 Å². The van der Waals surface area contributed by atoms with E-state index in [1.54, 1.807) is 0 Å². The van der Waals surface area contributed by atoms with Crippen LogP contribution in [0.4, 0.5) is 0 Å². The molecule has 0 aromatic carbocycles. The fraction of sp³-hybridized carbons (Fsp3) is 0.857. The summed E-state index contributed by atoms with van der Waals surface area (Å²) in [4.78, 5) is 17.6. The van der Waals surface area contributed by atoms with Crippen LogP contribution in [0.2, 0.25) is 0 Å². The molecule has 0 aromatic rings. The van der Waals surface area contributed by atoms with Gasteiger partial charge in [0.1, 0.15) is 0 Å². The fourth-order valence-electron chi connectivity index (χ4n) is 3.41. The van der Waals surface area contributed by atoms with E-state index in [4.69, 9.17) is 18.0 Å². The molecule has 0 bridgehead atoms. The molecule has 4 nitrogen and oxygen atoms in total. The van der Waals surface area contributed by atoms with Crippen molar-refractivity contribution in [3.63, 3.8) is 0 Å². The van der Waals surface area contributed by atoms with Crippen LogP contribution >= 0.6 is 12.2 Å². The number of rotatable bonds is 3. The maximum absolute atomic E-state index is 12.7. The first-order valence-electron chi connectivity index (χ1n) is 7.25. The van der Waals surface area contributed by atoms with Crippen LogP contribution in [-0.4, -0.2) is 52.4 Å². The largest absolute Gasteiger partial charge is 0.393 e. The molecule has 1 amide bonds. The summed E-state index contributed by atoms with van der Waals surface area (Å²) < 4.78 is 0. The molecule has 2 heterocycles. The summed E-state index contributed by atoms with van der Waals surface area (Å²) in [6, 6.07) is 0.803. The third-order valence-electron chi connectivity index (χ3n) is 4.46. The van der Waals surface area contributed by atoms with Crippen molar-refractivity contribution < 1.29 is 4.79 Å². The minimum atomic E-state index is -0.314. The summed E-state index contributed by atoms with van der Waals surface area (Å²) in [6.07, 6.45) is 2.46. The Hall–Kier alpha value is -0.680. The van der Waals surface area contributed by atoms with Gasteiger partial charge in [-0.25, -0.2) is 0 Å². The predicted octanol–water partition coefficient (Wildman–Crippen LogP) is 1.24. The molecular weight excluding hydrogens is 258 g/mol. The topological polar surface area (TPSA) is 49.6 Å². The Morgan fingerprint density at radius 3 is 2.63 bits per heavy atom. The second-order valence-electron chi connectivity index (χ2n) is 6.25. The van der Waals surface area contributed by atoms with Crippen molar-refractivity contribution in [1.82, 2.24) is 9.80 Å². The standard InChI is InChI=1S/C14H25N3OS/c1-9(2)12(13(15)19)14(18)17-8-11-5-4-6-16(11)7-10(17)3/h9-12H,4-8H2,1-3H3,(H2,15,19). The molecule has 0 spiro atoms. The van der Waals surface area contributed by atoms with Crippen LogP contribution in [0.3, 0.4) is 0 Å². The highest BCUT2D eigenvalue weighted by atomic mass is 32.1. The molecule has 5 heteroatoms. The Morgan fingerprint density at radius 2 is 2.05 bits per heavy atom. The third-order valence-corrected chi connectivity index (χ3v) is 4.71. The van der Waals surface area contributed by atoms with E-state index < -0.39 is 0 Å². The highest BCUT2D eigenvalue weighted by Crippen LogP contribution is 2.27. The number of hydrogen-bond acceptors (Lipinski definition) is 3. The van der Waals surface area contributed by atoms with Crippen molar-refractivity contribution in [2.45, 2.75) is 45.7 Å². The van der Waals surface area contributed by atoms with Gasteiger partial charge >= 0.3 is 0 Å². The lowest BCUT2D eigenvalue weighted by molar-refractivity contribution is -0.140. The molecule has 0 radical (unpaired) electrons. The van der Waals surface area contributed by atoms with Crippen LogP contribution in [0.15, 0.2) is 0 Å². The average molecular weight is 283 g/mol.